The number of allylic oxidation sites excluding steroid dienone is 1. The number of fused-ring (bicyclic) bond motifs is 1. The zero-order valence-corrected chi connectivity index (χ0v) is 12.7. The van der Waals surface area contributed by atoms with Crippen molar-refractivity contribution < 1.29 is 23.7 Å². The molecule has 1 aromatic carbocycles. The first-order chi connectivity index (χ1) is 11.1. The Morgan fingerprint density at radius 3 is 2.26 bits per heavy atom. The van der Waals surface area contributed by atoms with Crippen molar-refractivity contribution in [1.82, 2.24) is 0 Å². The Hall–Kier alpha value is -3.39. The number of ether oxygens (including phenoxy) is 4. The maximum atomic E-state index is 12.0. The number of esters is 1. The van der Waals surface area contributed by atoms with E-state index in [2.05, 4.69) is 5.32 Å². The van der Waals surface area contributed by atoms with E-state index in [1.54, 1.807) is 12.1 Å². The lowest BCUT2D eigenvalue weighted by Crippen LogP contribution is -2.07. The highest BCUT2D eigenvalue weighted by atomic mass is 16.5. The topological polar surface area (TPSA) is 114 Å². The zero-order chi connectivity index (χ0) is 17.0. The van der Waals surface area contributed by atoms with Gasteiger partial charge in [-0.3, -0.25) is 0 Å². The number of nitrogens with one attached hydrogen (secondary N) is 1. The lowest BCUT2D eigenvalue weighted by molar-refractivity contribution is 0.0534. The van der Waals surface area contributed by atoms with Crippen LogP contribution in [0.2, 0.25) is 0 Å². The number of cyclic esters (lactones) is 1. The highest BCUT2D eigenvalue weighted by Crippen LogP contribution is 2.50. The number of methoxy groups -OCH3 is 3. The van der Waals surface area contributed by atoms with Gasteiger partial charge in [-0.2, -0.15) is 10.5 Å². The van der Waals surface area contributed by atoms with E-state index in [4.69, 9.17) is 29.5 Å². The average Bonchev–Trinajstić information content (AvgIpc) is 2.96. The second-order valence-electron chi connectivity index (χ2n) is 4.33. The molecule has 0 spiro atoms. The molecule has 0 amide bonds. The van der Waals surface area contributed by atoms with E-state index >= 15 is 0 Å². The van der Waals surface area contributed by atoms with Gasteiger partial charge in [0.05, 0.1) is 32.5 Å². The molecule has 2 rings (SSSR count). The first kappa shape index (κ1) is 16.0. The molecule has 1 aromatic rings. The maximum Gasteiger partial charge on any atom is 0.341 e. The van der Waals surface area contributed by atoms with E-state index in [0.717, 1.165) is 0 Å². The number of anilines is 1. The van der Waals surface area contributed by atoms with Gasteiger partial charge in [-0.05, 0) is 0 Å². The smallest absolute Gasteiger partial charge is 0.341 e. The van der Waals surface area contributed by atoms with Crippen molar-refractivity contribution in [3.8, 4) is 29.4 Å². The molecular weight excluding hydrogens is 302 g/mol. The summed E-state index contributed by atoms with van der Waals surface area (Å²) in [5.41, 5.74) is 0.792. The summed E-state index contributed by atoms with van der Waals surface area (Å²) in [5, 5.41) is 20.4. The summed E-state index contributed by atoms with van der Waals surface area (Å²) in [7, 11) is 4.27. The van der Waals surface area contributed by atoms with Crippen molar-refractivity contribution >= 4 is 11.7 Å². The predicted octanol–water partition coefficient (Wildman–Crippen LogP) is 1.73. The molecule has 0 atom stereocenters. The molecule has 8 nitrogen and oxygen atoms in total. The highest BCUT2D eigenvalue weighted by molar-refractivity contribution is 6.03. The molecular formula is C15H13N3O5. The summed E-state index contributed by atoms with van der Waals surface area (Å²) in [5.74, 6) is 0.248. The van der Waals surface area contributed by atoms with Gasteiger partial charge >= 0.3 is 5.97 Å². The molecule has 1 aliphatic heterocycles. The molecule has 23 heavy (non-hydrogen) atoms. The fraction of sp³-hybridized carbons (Fsp3) is 0.267. The maximum absolute atomic E-state index is 12.0. The van der Waals surface area contributed by atoms with Crippen molar-refractivity contribution in [1.29, 1.82) is 10.5 Å². The largest absolute Gasteiger partial charge is 0.492 e. The Balaban J connectivity index is 2.73. The lowest BCUT2D eigenvalue weighted by Gasteiger charge is -2.18. The predicted molar refractivity (Wildman–Crippen MR) is 78.1 cm³/mol. The van der Waals surface area contributed by atoms with Gasteiger partial charge in [0.15, 0.2) is 11.5 Å². The van der Waals surface area contributed by atoms with Gasteiger partial charge in [-0.25, -0.2) is 4.79 Å². The number of nitrogens with zero attached hydrogens (tertiary/aromatic N) is 2. The van der Waals surface area contributed by atoms with Gasteiger partial charge < -0.3 is 24.3 Å². The number of carbonyl (C=O) groups excluding carboxylic acids is 1. The van der Waals surface area contributed by atoms with Crippen LogP contribution in [0, 0.1) is 22.7 Å². The summed E-state index contributed by atoms with van der Waals surface area (Å²) < 4.78 is 21.0. The Labute approximate surface area is 132 Å². The molecule has 0 unspecified atom stereocenters. The molecule has 0 saturated heterocycles. The number of hydrogen-bond acceptors (Lipinski definition) is 8. The van der Waals surface area contributed by atoms with Crippen LogP contribution >= 0.6 is 0 Å². The normalized spacial score (nSPS) is 11.4. The van der Waals surface area contributed by atoms with Crippen LogP contribution in [-0.4, -0.2) is 27.3 Å². The fourth-order valence-electron chi connectivity index (χ4n) is 2.27. The van der Waals surface area contributed by atoms with Crippen LogP contribution in [0.4, 0.5) is 5.69 Å². The first-order valence-electron chi connectivity index (χ1n) is 6.41. The molecule has 0 radical (unpaired) electrons. The Morgan fingerprint density at radius 2 is 1.74 bits per heavy atom. The van der Waals surface area contributed by atoms with E-state index in [1.165, 1.54) is 27.5 Å². The van der Waals surface area contributed by atoms with Crippen LogP contribution in [0.25, 0.3) is 0 Å². The Bertz CT molecular complexity index is 755. The monoisotopic (exact) mass is 315 g/mol. The minimum Gasteiger partial charge on any atom is -0.492 e. The molecule has 1 aliphatic rings. The SMILES string of the molecule is COc1c2c(c(NC=C(C#N)C#N)c(OC)c1OC)C(=O)OC2. The summed E-state index contributed by atoms with van der Waals surface area (Å²) in [6, 6.07) is 3.43. The van der Waals surface area contributed by atoms with E-state index in [9.17, 15) is 4.79 Å². The number of benzene rings is 1. The van der Waals surface area contributed by atoms with Crippen LogP contribution in [0.15, 0.2) is 11.8 Å². The van der Waals surface area contributed by atoms with E-state index in [0.29, 0.717) is 11.3 Å². The van der Waals surface area contributed by atoms with Crippen LogP contribution < -0.4 is 19.5 Å². The van der Waals surface area contributed by atoms with Crippen molar-refractivity contribution in [2.24, 2.45) is 0 Å². The Kier molecular flexibility index (Phi) is 4.58. The standard InChI is InChI=1S/C15H13N3O5/c1-20-12-9-7-23-15(19)10(9)11(13(21-2)14(12)22-3)18-6-8(4-16)5-17/h6,18H,7H2,1-3H3. The molecule has 118 valence electrons. The quantitative estimate of drug-likeness (QED) is 0.645. The molecule has 0 aliphatic carbocycles. The molecule has 8 heteroatoms. The minimum absolute atomic E-state index is 0.0272. The number of hydrogen-bond donors (Lipinski definition) is 1. The van der Waals surface area contributed by atoms with Crippen LogP contribution in [0.1, 0.15) is 15.9 Å². The third-order valence-electron chi connectivity index (χ3n) is 3.23. The van der Waals surface area contributed by atoms with Gasteiger partial charge in [-0.1, -0.05) is 0 Å². The first-order valence-corrected chi connectivity index (χ1v) is 6.41. The molecule has 1 heterocycles. The third-order valence-corrected chi connectivity index (χ3v) is 3.23. The van der Waals surface area contributed by atoms with Crippen LogP contribution in [0.5, 0.6) is 17.2 Å². The van der Waals surface area contributed by atoms with Crippen molar-refractivity contribution in [3.05, 3.63) is 22.9 Å². The van der Waals surface area contributed by atoms with E-state index < -0.39 is 5.97 Å². The van der Waals surface area contributed by atoms with Gasteiger partial charge in [0.1, 0.15) is 30.0 Å². The molecule has 0 fully saturated rings. The second kappa shape index (κ2) is 6.58. The number of nitriles is 2. The molecule has 1 N–H and O–H groups in total. The highest BCUT2D eigenvalue weighted by Gasteiger charge is 2.35. The van der Waals surface area contributed by atoms with Crippen LogP contribution in [0.3, 0.4) is 0 Å². The van der Waals surface area contributed by atoms with E-state index in [1.807, 2.05) is 0 Å². The van der Waals surface area contributed by atoms with Crippen molar-refractivity contribution in [2.45, 2.75) is 6.61 Å². The lowest BCUT2D eigenvalue weighted by atomic mass is 10.0. The molecule has 0 aromatic heterocycles. The number of rotatable bonds is 5. The minimum atomic E-state index is -0.564. The van der Waals surface area contributed by atoms with Gasteiger partial charge in [0.25, 0.3) is 0 Å². The number of carbonyl (C=O) groups is 1. The van der Waals surface area contributed by atoms with Gasteiger partial charge in [-0.15, -0.1) is 0 Å². The molecule has 0 saturated carbocycles. The fourth-order valence-corrected chi connectivity index (χ4v) is 2.27. The molecule has 0 bridgehead atoms. The van der Waals surface area contributed by atoms with Gasteiger partial charge in [0, 0.05) is 6.20 Å². The average molecular weight is 315 g/mol. The summed E-state index contributed by atoms with van der Waals surface area (Å²) in [4.78, 5) is 12.0. The summed E-state index contributed by atoms with van der Waals surface area (Å²) >= 11 is 0. The zero-order valence-electron chi connectivity index (χ0n) is 12.7. The Morgan fingerprint density at radius 1 is 1.13 bits per heavy atom. The van der Waals surface area contributed by atoms with Crippen molar-refractivity contribution in [2.75, 3.05) is 26.6 Å². The van der Waals surface area contributed by atoms with Gasteiger partial charge in [0.2, 0.25) is 5.75 Å². The second-order valence-corrected chi connectivity index (χ2v) is 4.33. The van der Waals surface area contributed by atoms with Crippen LogP contribution in [-0.2, 0) is 11.3 Å². The van der Waals surface area contributed by atoms with Crippen molar-refractivity contribution in [3.63, 3.8) is 0 Å². The van der Waals surface area contributed by atoms with E-state index in [-0.39, 0.29) is 34.9 Å². The third kappa shape index (κ3) is 2.58. The summed E-state index contributed by atoms with van der Waals surface area (Å²) in [6.07, 6.45) is 1.18. The summed E-state index contributed by atoms with van der Waals surface area (Å²) in [6.45, 7) is 0.0272.